The van der Waals surface area contributed by atoms with E-state index in [4.69, 9.17) is 18.9 Å². The normalized spacial score (nSPS) is 31.9. The maximum absolute atomic E-state index is 13.2. The van der Waals surface area contributed by atoms with E-state index in [9.17, 15) is 4.79 Å². The van der Waals surface area contributed by atoms with Gasteiger partial charge in [-0.05, 0) is 40.9 Å². The van der Waals surface area contributed by atoms with Crippen LogP contribution < -0.4 is 4.74 Å². The Morgan fingerprint density at radius 1 is 1.10 bits per heavy atom. The van der Waals surface area contributed by atoms with Gasteiger partial charge in [-0.2, -0.15) is 0 Å². The van der Waals surface area contributed by atoms with E-state index < -0.39 is 0 Å². The third-order valence-corrected chi connectivity index (χ3v) is 7.46. The molecule has 1 saturated carbocycles. The topological polar surface area (TPSA) is 60.5 Å². The number of ether oxygens (including phenoxy) is 4. The molecule has 1 aromatic rings. The zero-order valence-corrected chi connectivity index (χ0v) is 19.2. The zero-order valence-electron chi connectivity index (χ0n) is 17.6. The molecule has 3 aliphatic heterocycles. The third-order valence-electron chi connectivity index (χ3n) is 6.80. The molecule has 3 fully saturated rings. The number of ketones is 1. The smallest absolute Gasteiger partial charge is 0.208 e. The van der Waals surface area contributed by atoms with Gasteiger partial charge < -0.3 is 18.9 Å². The molecule has 1 aliphatic carbocycles. The first kappa shape index (κ1) is 21.4. The Morgan fingerprint density at radius 2 is 1.90 bits per heavy atom. The van der Waals surface area contributed by atoms with Crippen molar-refractivity contribution in [3.63, 3.8) is 0 Å². The van der Waals surface area contributed by atoms with Crippen molar-refractivity contribution in [2.24, 2.45) is 11.8 Å². The molecule has 5 rings (SSSR count). The largest absolute Gasteiger partial charge is 0.493 e. The van der Waals surface area contributed by atoms with Crippen LogP contribution in [0.15, 0.2) is 40.8 Å². The van der Waals surface area contributed by atoms with Gasteiger partial charge in [-0.1, -0.05) is 12.1 Å². The summed E-state index contributed by atoms with van der Waals surface area (Å²) in [6.07, 6.45) is 3.19. The SMILES string of the molecule is O=C1C(Oc2ccccc2Br)=COC2C1CCC1OCN(CCN3CCOCC3)CC12. The molecule has 31 heavy (non-hydrogen) atoms. The lowest BCUT2D eigenvalue weighted by atomic mass is 9.73. The summed E-state index contributed by atoms with van der Waals surface area (Å²) < 4.78 is 24.5. The first-order chi connectivity index (χ1) is 15.2. The van der Waals surface area contributed by atoms with E-state index in [1.54, 1.807) is 0 Å². The number of carbonyl (C=O) groups is 1. The van der Waals surface area contributed by atoms with E-state index in [0.717, 1.165) is 63.3 Å². The summed E-state index contributed by atoms with van der Waals surface area (Å²) in [7, 11) is 0. The molecule has 2 saturated heterocycles. The number of rotatable bonds is 5. The van der Waals surface area contributed by atoms with E-state index in [1.807, 2.05) is 24.3 Å². The summed E-state index contributed by atoms with van der Waals surface area (Å²) in [4.78, 5) is 18.0. The second kappa shape index (κ2) is 9.58. The van der Waals surface area contributed by atoms with Crippen molar-refractivity contribution < 1.29 is 23.7 Å². The second-order valence-electron chi connectivity index (χ2n) is 8.69. The predicted molar refractivity (Wildman–Crippen MR) is 118 cm³/mol. The maximum Gasteiger partial charge on any atom is 0.208 e. The maximum atomic E-state index is 13.2. The summed E-state index contributed by atoms with van der Waals surface area (Å²) in [6.45, 7) is 7.15. The number of benzene rings is 1. The van der Waals surface area contributed by atoms with Crippen molar-refractivity contribution in [1.29, 1.82) is 0 Å². The average molecular weight is 493 g/mol. The molecule has 0 radical (unpaired) electrons. The van der Waals surface area contributed by atoms with Crippen LogP contribution in [0.3, 0.4) is 0 Å². The van der Waals surface area contributed by atoms with Crippen LogP contribution in [-0.4, -0.2) is 80.5 Å². The van der Waals surface area contributed by atoms with Crippen molar-refractivity contribution in [3.05, 3.63) is 40.8 Å². The van der Waals surface area contributed by atoms with Crippen molar-refractivity contribution in [2.45, 2.75) is 25.0 Å². The molecule has 8 heteroatoms. The highest BCUT2D eigenvalue weighted by Gasteiger charge is 2.49. The lowest BCUT2D eigenvalue weighted by Gasteiger charge is -2.48. The first-order valence-corrected chi connectivity index (χ1v) is 11.9. The predicted octanol–water partition coefficient (Wildman–Crippen LogP) is 2.65. The highest BCUT2D eigenvalue weighted by atomic mass is 79.9. The van der Waals surface area contributed by atoms with Gasteiger partial charge in [0, 0.05) is 38.6 Å². The molecule has 0 spiro atoms. The molecule has 4 atom stereocenters. The third kappa shape index (κ3) is 4.68. The molecule has 0 bridgehead atoms. The first-order valence-electron chi connectivity index (χ1n) is 11.2. The van der Waals surface area contributed by atoms with Crippen LogP contribution in [0.25, 0.3) is 0 Å². The summed E-state index contributed by atoms with van der Waals surface area (Å²) in [5.74, 6) is 0.963. The molecule has 0 aromatic heterocycles. The number of morpholine rings is 1. The number of halogens is 1. The van der Waals surface area contributed by atoms with Gasteiger partial charge in [0.05, 0.1) is 36.4 Å². The van der Waals surface area contributed by atoms with Crippen LogP contribution >= 0.6 is 15.9 Å². The Kier molecular flexibility index (Phi) is 6.62. The monoisotopic (exact) mass is 492 g/mol. The number of hydrogen-bond acceptors (Lipinski definition) is 7. The standard InChI is InChI=1S/C23H29BrN2O5/c24-18-3-1-2-4-20(18)31-21-14-29-23-16(22(21)27)5-6-19-17(23)13-26(15-30-19)8-7-25-9-11-28-12-10-25/h1-4,14,16-17,19,23H,5-13,15H2. The molecule has 4 unspecified atom stereocenters. The molecule has 4 aliphatic rings. The summed E-state index contributed by atoms with van der Waals surface area (Å²) >= 11 is 3.47. The number of para-hydroxylation sites is 1. The van der Waals surface area contributed by atoms with Gasteiger partial charge in [-0.3, -0.25) is 14.6 Å². The fourth-order valence-corrected chi connectivity index (χ4v) is 5.42. The van der Waals surface area contributed by atoms with Crippen molar-refractivity contribution in [3.8, 4) is 5.75 Å². The lowest BCUT2D eigenvalue weighted by Crippen LogP contribution is -2.57. The Morgan fingerprint density at radius 3 is 2.74 bits per heavy atom. The van der Waals surface area contributed by atoms with E-state index in [1.165, 1.54) is 6.26 Å². The van der Waals surface area contributed by atoms with E-state index in [0.29, 0.717) is 12.5 Å². The number of fused-ring (bicyclic) bond motifs is 3. The van der Waals surface area contributed by atoms with Crippen LogP contribution in [-0.2, 0) is 19.0 Å². The van der Waals surface area contributed by atoms with Gasteiger partial charge in [0.1, 0.15) is 18.1 Å². The van der Waals surface area contributed by atoms with Gasteiger partial charge >= 0.3 is 0 Å². The summed E-state index contributed by atoms with van der Waals surface area (Å²) in [5, 5.41) is 0. The molecule has 168 valence electrons. The lowest BCUT2D eigenvalue weighted by molar-refractivity contribution is -0.174. The van der Waals surface area contributed by atoms with Crippen LogP contribution in [0.1, 0.15) is 12.8 Å². The molecule has 1 aromatic carbocycles. The molecule has 7 nitrogen and oxygen atoms in total. The quantitative estimate of drug-likeness (QED) is 0.625. The van der Waals surface area contributed by atoms with Crippen LogP contribution in [0.2, 0.25) is 0 Å². The number of hydrogen-bond donors (Lipinski definition) is 0. The molecule has 0 N–H and O–H groups in total. The number of carbonyl (C=O) groups excluding carboxylic acids is 1. The Bertz CT molecular complexity index is 828. The minimum Gasteiger partial charge on any atom is -0.493 e. The van der Waals surface area contributed by atoms with Gasteiger partial charge in [0.2, 0.25) is 11.5 Å². The average Bonchev–Trinajstić information content (AvgIpc) is 2.81. The van der Waals surface area contributed by atoms with Crippen molar-refractivity contribution in [2.75, 3.05) is 52.7 Å². The Balaban J connectivity index is 1.23. The zero-order chi connectivity index (χ0) is 21.2. The van der Waals surface area contributed by atoms with E-state index in [2.05, 4.69) is 25.7 Å². The Labute approximate surface area is 191 Å². The van der Waals surface area contributed by atoms with E-state index >= 15 is 0 Å². The molecule has 0 amide bonds. The molecular weight excluding hydrogens is 464 g/mol. The second-order valence-corrected chi connectivity index (χ2v) is 9.55. The number of allylic oxidation sites excluding steroid dienone is 1. The molecule has 3 heterocycles. The minimum atomic E-state index is -0.175. The molecular formula is C23H29BrN2O5. The highest BCUT2D eigenvalue weighted by molar-refractivity contribution is 9.10. The summed E-state index contributed by atoms with van der Waals surface area (Å²) in [6, 6.07) is 7.52. The van der Waals surface area contributed by atoms with Crippen LogP contribution in [0.5, 0.6) is 5.75 Å². The van der Waals surface area contributed by atoms with Gasteiger partial charge in [-0.25, -0.2) is 0 Å². The summed E-state index contributed by atoms with van der Waals surface area (Å²) in [5.41, 5.74) is 0. The van der Waals surface area contributed by atoms with Crippen molar-refractivity contribution in [1.82, 2.24) is 9.80 Å². The van der Waals surface area contributed by atoms with Crippen LogP contribution in [0.4, 0.5) is 0 Å². The fourth-order valence-electron chi connectivity index (χ4n) is 5.05. The van der Waals surface area contributed by atoms with Gasteiger partial charge in [-0.15, -0.1) is 0 Å². The van der Waals surface area contributed by atoms with E-state index in [-0.39, 0.29) is 35.6 Å². The van der Waals surface area contributed by atoms with Crippen molar-refractivity contribution >= 4 is 21.7 Å². The number of Topliss-reactive ketones (excluding diaryl/α,β-unsaturated/α-hetero) is 1. The Hall–Kier alpha value is -1.45. The highest BCUT2D eigenvalue weighted by Crippen LogP contribution is 2.41. The number of nitrogens with zero attached hydrogens (tertiary/aromatic N) is 2. The van der Waals surface area contributed by atoms with Gasteiger partial charge in [0.15, 0.2) is 0 Å². The van der Waals surface area contributed by atoms with Crippen LogP contribution in [0, 0.1) is 11.8 Å². The van der Waals surface area contributed by atoms with Gasteiger partial charge in [0.25, 0.3) is 0 Å². The fraction of sp³-hybridized carbons (Fsp3) is 0.609. The minimum absolute atomic E-state index is 0.0379.